The molecule has 0 atom stereocenters. The number of aryl methyl sites for hydroxylation is 1. The summed E-state index contributed by atoms with van der Waals surface area (Å²) in [6, 6.07) is 5.60. The van der Waals surface area contributed by atoms with Crippen LogP contribution in [0.3, 0.4) is 0 Å². The summed E-state index contributed by atoms with van der Waals surface area (Å²) >= 11 is 0. The highest BCUT2D eigenvalue weighted by molar-refractivity contribution is 7.95. The summed E-state index contributed by atoms with van der Waals surface area (Å²) in [4.78, 5) is 0.923. The van der Waals surface area contributed by atoms with Crippen LogP contribution in [-0.2, 0) is 9.84 Å². The molecule has 0 aromatic heterocycles. The van der Waals surface area contributed by atoms with Gasteiger partial charge in [-0.05, 0) is 42.2 Å². The monoisotopic (exact) mass is 766 g/mol. The van der Waals surface area contributed by atoms with E-state index in [1.807, 2.05) is 43.4 Å². The van der Waals surface area contributed by atoms with E-state index in [1.54, 1.807) is 6.08 Å². The number of hydrogen-bond donors (Lipinski definition) is 0. The molecule has 47 heavy (non-hydrogen) atoms. The number of halogens is 24. The number of sulfone groups is 1. The zero-order valence-corrected chi connectivity index (χ0v) is 22.8. The third-order valence-corrected chi connectivity index (χ3v) is 5.24. The fourth-order valence-corrected chi connectivity index (χ4v) is 4.30. The molecule has 33 heteroatoms. The molecule has 0 bridgehead atoms. The number of benzene rings is 1. The third kappa shape index (κ3) is 50.2. The topological polar surface area (TPSA) is 34.1 Å². The number of allylic oxidation sites excluding steroid dienone is 4. The van der Waals surface area contributed by atoms with Crippen LogP contribution < -0.4 is 0 Å². The highest BCUT2D eigenvalue weighted by Crippen LogP contribution is 2.39. The highest BCUT2D eigenvalue weighted by atomic mass is 32.2. The minimum atomic E-state index is -6.00. The molecular formula is C14H12B6F24O2S-6. The molecule has 3 rings (SSSR count). The number of hydrogen-bond acceptors (Lipinski definition) is 2. The molecule has 0 N–H and O–H groups in total. The molecule has 0 amide bonds. The normalized spacial score (nSPS) is 14.9. The van der Waals surface area contributed by atoms with Crippen molar-refractivity contribution in [3.8, 4) is 0 Å². The van der Waals surface area contributed by atoms with Crippen LogP contribution in [0.4, 0.5) is 104 Å². The standard InChI is InChI=1S/C14H12O2S.6BF4/c1-10-5-4-7-12-9-11-6-2-3-8-13(11)17(15,16)14(10)12;6*2-1(3,4)5/h2-5,7-9H,6H2,1H3;;;;;;/q;6*-1. The highest BCUT2D eigenvalue weighted by Gasteiger charge is 2.31. The van der Waals surface area contributed by atoms with Gasteiger partial charge in [0.05, 0.1) is 9.80 Å². The summed E-state index contributed by atoms with van der Waals surface area (Å²) < 4.78 is 259. The Morgan fingerprint density at radius 2 is 0.830 bits per heavy atom. The average Bonchev–Trinajstić information content (AvgIpc) is 2.66. The number of fused-ring (bicyclic) bond motifs is 2. The van der Waals surface area contributed by atoms with E-state index in [9.17, 15) is 112 Å². The molecule has 0 radical (unpaired) electrons. The maximum Gasteiger partial charge on any atom is 0.673 e. The summed E-state index contributed by atoms with van der Waals surface area (Å²) in [5.74, 6) is 0. The van der Waals surface area contributed by atoms with E-state index in [-0.39, 0.29) is 0 Å². The summed E-state index contributed by atoms with van der Waals surface area (Å²) in [6.07, 6.45) is 8.16. The van der Waals surface area contributed by atoms with Crippen molar-refractivity contribution in [2.75, 3.05) is 0 Å². The lowest BCUT2D eigenvalue weighted by atomic mass is 10.0. The second kappa shape index (κ2) is 19.8. The summed E-state index contributed by atoms with van der Waals surface area (Å²) in [5, 5.41) is 0. The third-order valence-electron chi connectivity index (χ3n) is 3.17. The van der Waals surface area contributed by atoms with Crippen molar-refractivity contribution < 1.29 is 112 Å². The van der Waals surface area contributed by atoms with Crippen LogP contribution in [0.25, 0.3) is 6.08 Å². The van der Waals surface area contributed by atoms with Crippen molar-refractivity contribution in [3.63, 3.8) is 0 Å². The Bertz CT molecular complexity index is 1130. The molecule has 1 aromatic rings. The van der Waals surface area contributed by atoms with Gasteiger partial charge in [-0.2, -0.15) is 0 Å². The maximum atomic E-state index is 12.5. The van der Waals surface area contributed by atoms with Gasteiger partial charge in [-0.15, -0.1) is 0 Å². The first-order valence-corrected chi connectivity index (χ1v) is 12.3. The Kier molecular flexibility index (Phi) is 21.5. The maximum absolute atomic E-state index is 12.5. The minimum Gasteiger partial charge on any atom is -0.418 e. The molecule has 0 unspecified atom stereocenters. The van der Waals surface area contributed by atoms with Crippen LogP contribution in [0.15, 0.2) is 51.8 Å². The lowest BCUT2D eigenvalue weighted by molar-refractivity contribution is 0.366. The molecule has 1 aromatic carbocycles. The number of rotatable bonds is 0. The molecule has 0 saturated carbocycles. The Labute approximate surface area is 248 Å². The van der Waals surface area contributed by atoms with Crippen LogP contribution in [0.2, 0.25) is 0 Å². The zero-order valence-electron chi connectivity index (χ0n) is 22.0. The van der Waals surface area contributed by atoms with Crippen LogP contribution in [0, 0.1) is 6.92 Å². The predicted molar refractivity (Wildman–Crippen MR) is 129 cm³/mol. The average molecular weight is 765 g/mol. The van der Waals surface area contributed by atoms with Crippen LogP contribution in [0.5, 0.6) is 0 Å². The molecule has 1 heterocycles. The van der Waals surface area contributed by atoms with Gasteiger partial charge in [0, 0.05) is 0 Å². The Balaban J connectivity index is -0.000000259. The molecule has 278 valence electrons. The molecule has 0 fully saturated rings. The largest absolute Gasteiger partial charge is 0.673 e. The van der Waals surface area contributed by atoms with Crippen molar-refractivity contribution in [2.45, 2.75) is 18.2 Å². The van der Waals surface area contributed by atoms with Crippen LogP contribution in [0.1, 0.15) is 17.5 Å². The van der Waals surface area contributed by atoms with Crippen molar-refractivity contribution in [1.29, 1.82) is 0 Å². The molecule has 1 aliphatic heterocycles. The van der Waals surface area contributed by atoms with E-state index in [0.717, 1.165) is 16.7 Å². The fourth-order valence-electron chi connectivity index (χ4n) is 2.40. The van der Waals surface area contributed by atoms with E-state index < -0.39 is 53.4 Å². The van der Waals surface area contributed by atoms with Crippen molar-refractivity contribution in [1.82, 2.24) is 0 Å². The lowest BCUT2D eigenvalue weighted by Gasteiger charge is -2.22. The molecule has 0 saturated heterocycles. The Morgan fingerprint density at radius 3 is 1.13 bits per heavy atom. The fraction of sp³-hybridized carbons (Fsp3) is 0.143. The van der Waals surface area contributed by atoms with Gasteiger partial charge in [-0.1, -0.05) is 30.4 Å². The van der Waals surface area contributed by atoms with E-state index in [2.05, 4.69) is 0 Å². The second-order valence-corrected chi connectivity index (χ2v) is 9.15. The Hall–Kier alpha value is -2.90. The van der Waals surface area contributed by atoms with Gasteiger partial charge in [0.2, 0.25) is 9.84 Å². The molecule has 2 nitrogen and oxygen atoms in total. The van der Waals surface area contributed by atoms with Gasteiger partial charge >= 0.3 is 43.5 Å². The smallest absolute Gasteiger partial charge is 0.418 e. The zero-order chi connectivity index (χ0) is 39.0. The molecule has 1 aliphatic carbocycles. The quantitative estimate of drug-likeness (QED) is 0.195. The van der Waals surface area contributed by atoms with Gasteiger partial charge in [0.15, 0.2) is 0 Å². The van der Waals surface area contributed by atoms with E-state index in [0.29, 0.717) is 16.2 Å². The van der Waals surface area contributed by atoms with E-state index in [1.165, 1.54) is 0 Å². The SMILES string of the molecule is Cc1cccc2c1S(=O)(=O)C1=CC=CCC1=C2.F[B-](F)(F)F.F[B-](F)(F)F.F[B-](F)(F)F.F[B-](F)(F)F.F[B-](F)(F)F.F[B-](F)(F)F. The molecular weight excluding hydrogens is 753 g/mol. The first-order chi connectivity index (χ1) is 20.1. The lowest BCUT2D eigenvalue weighted by Crippen LogP contribution is -2.15. The van der Waals surface area contributed by atoms with Crippen LogP contribution >= 0.6 is 0 Å². The van der Waals surface area contributed by atoms with Gasteiger partial charge in [-0.25, -0.2) is 8.42 Å². The van der Waals surface area contributed by atoms with Gasteiger partial charge in [0.1, 0.15) is 0 Å². The van der Waals surface area contributed by atoms with Gasteiger partial charge in [-0.3, -0.25) is 0 Å². The summed E-state index contributed by atoms with van der Waals surface area (Å²) in [6.45, 7) is 1.84. The van der Waals surface area contributed by atoms with Crippen molar-refractivity contribution in [3.05, 3.63) is 58.0 Å². The first-order valence-electron chi connectivity index (χ1n) is 10.8. The van der Waals surface area contributed by atoms with Crippen molar-refractivity contribution in [2.24, 2.45) is 0 Å². The van der Waals surface area contributed by atoms with E-state index in [4.69, 9.17) is 0 Å². The van der Waals surface area contributed by atoms with Crippen molar-refractivity contribution >= 4 is 59.4 Å². The van der Waals surface area contributed by atoms with Gasteiger partial charge < -0.3 is 104 Å². The van der Waals surface area contributed by atoms with Crippen LogP contribution in [-0.4, -0.2) is 51.9 Å². The minimum absolute atomic E-state index is 0.460. The second-order valence-electron chi connectivity index (χ2n) is 7.30. The van der Waals surface area contributed by atoms with E-state index >= 15 is 0 Å². The summed E-state index contributed by atoms with van der Waals surface area (Å²) in [5.41, 5.74) is 2.52. The molecule has 2 aliphatic rings. The van der Waals surface area contributed by atoms with Gasteiger partial charge in [0.25, 0.3) is 0 Å². The Morgan fingerprint density at radius 1 is 0.532 bits per heavy atom. The first kappa shape index (κ1) is 50.9. The summed E-state index contributed by atoms with van der Waals surface area (Å²) in [7, 11) is -39.3. The predicted octanol–water partition coefficient (Wildman–Crippen LogP) is 10.8. The molecule has 0 spiro atoms.